The quantitative estimate of drug-likeness (QED) is 0.245. The maximum Gasteiger partial charge on any atom is 0.118 e. The first-order valence-corrected chi connectivity index (χ1v) is 11.9. The molecule has 0 aliphatic carbocycles. The van der Waals surface area contributed by atoms with E-state index in [1.807, 2.05) is 12.1 Å². The summed E-state index contributed by atoms with van der Waals surface area (Å²) in [5, 5.41) is 0. The van der Waals surface area contributed by atoms with Crippen LogP contribution in [0.15, 0.2) is 30.3 Å². The van der Waals surface area contributed by atoms with Crippen molar-refractivity contribution in [3.05, 3.63) is 35.9 Å². The summed E-state index contributed by atoms with van der Waals surface area (Å²) in [4.78, 5) is 0. The van der Waals surface area contributed by atoms with Crippen molar-refractivity contribution in [3.8, 4) is 5.75 Å². The molecule has 2 heteroatoms. The van der Waals surface area contributed by atoms with E-state index in [9.17, 15) is 0 Å². The molecular weight excluding hydrogens is 342 g/mol. The van der Waals surface area contributed by atoms with Gasteiger partial charge in [0.2, 0.25) is 0 Å². The van der Waals surface area contributed by atoms with Crippen LogP contribution >= 0.6 is 0 Å². The van der Waals surface area contributed by atoms with Crippen LogP contribution in [-0.2, 0) is 0 Å². The van der Waals surface area contributed by atoms with Gasteiger partial charge in [-0.15, -0.1) is 0 Å². The molecule has 0 saturated carbocycles. The summed E-state index contributed by atoms with van der Waals surface area (Å²) in [6, 6.07) is 8.26. The number of benzene rings is 1. The minimum atomic E-state index is 0.863. The zero-order chi connectivity index (χ0) is 20.1. The first-order valence-electron chi connectivity index (χ1n) is 11.9. The topological polar surface area (TPSA) is 35.2 Å². The Morgan fingerprint density at radius 1 is 0.643 bits per heavy atom. The maximum atomic E-state index is 5.52. The van der Waals surface area contributed by atoms with Gasteiger partial charge in [-0.1, -0.05) is 108 Å². The molecule has 1 aromatic rings. The van der Waals surface area contributed by atoms with Gasteiger partial charge in [0.05, 0.1) is 7.11 Å². The molecule has 0 bridgehead atoms. The van der Waals surface area contributed by atoms with Crippen LogP contribution in [-0.4, -0.2) is 13.7 Å². The second-order valence-electron chi connectivity index (χ2n) is 8.06. The first kappa shape index (κ1) is 24.8. The third kappa shape index (κ3) is 14.7. The lowest BCUT2D eigenvalue weighted by molar-refractivity contribution is 0.415. The van der Waals surface area contributed by atoms with Crippen LogP contribution in [0.3, 0.4) is 0 Å². The number of methoxy groups -OCH3 is 1. The molecule has 0 radical (unpaired) electrons. The fraction of sp³-hybridized carbons (Fsp3) is 0.692. The predicted octanol–water partition coefficient (Wildman–Crippen LogP) is 7.91. The number of allylic oxidation sites excluding steroid dienone is 1. The first-order chi connectivity index (χ1) is 13.9. The predicted molar refractivity (Wildman–Crippen MR) is 125 cm³/mol. The molecule has 28 heavy (non-hydrogen) atoms. The Kier molecular flexibility index (Phi) is 16.8. The molecule has 0 spiro atoms. The lowest BCUT2D eigenvalue weighted by Gasteiger charge is -2.03. The molecule has 1 rings (SSSR count). The van der Waals surface area contributed by atoms with E-state index in [-0.39, 0.29) is 0 Å². The Labute approximate surface area is 174 Å². The van der Waals surface area contributed by atoms with Crippen LogP contribution < -0.4 is 10.5 Å². The van der Waals surface area contributed by atoms with Crippen LogP contribution in [0.2, 0.25) is 0 Å². The van der Waals surface area contributed by atoms with Crippen molar-refractivity contribution in [2.24, 2.45) is 5.73 Å². The minimum absolute atomic E-state index is 0.863. The average molecular weight is 388 g/mol. The average Bonchev–Trinajstić information content (AvgIpc) is 2.73. The minimum Gasteiger partial charge on any atom is -0.497 e. The molecule has 1 aromatic carbocycles. The zero-order valence-electron chi connectivity index (χ0n) is 18.5. The van der Waals surface area contributed by atoms with Crippen LogP contribution in [0.5, 0.6) is 5.75 Å². The number of hydrogen-bond donors (Lipinski definition) is 1. The van der Waals surface area contributed by atoms with E-state index in [1.165, 1.54) is 108 Å². The molecule has 0 atom stereocenters. The van der Waals surface area contributed by atoms with Crippen molar-refractivity contribution in [2.75, 3.05) is 13.7 Å². The van der Waals surface area contributed by atoms with Crippen molar-refractivity contribution in [1.82, 2.24) is 0 Å². The van der Waals surface area contributed by atoms with Gasteiger partial charge in [0.25, 0.3) is 0 Å². The van der Waals surface area contributed by atoms with Gasteiger partial charge in [-0.25, -0.2) is 0 Å². The van der Waals surface area contributed by atoms with Gasteiger partial charge in [0.1, 0.15) is 5.75 Å². The van der Waals surface area contributed by atoms with Gasteiger partial charge < -0.3 is 10.5 Å². The molecule has 0 saturated heterocycles. The van der Waals surface area contributed by atoms with Crippen LogP contribution in [0, 0.1) is 0 Å². The van der Waals surface area contributed by atoms with E-state index in [2.05, 4.69) is 24.3 Å². The summed E-state index contributed by atoms with van der Waals surface area (Å²) in [6.07, 6.45) is 26.6. The Balaban J connectivity index is 1.78. The maximum absolute atomic E-state index is 5.52. The van der Waals surface area contributed by atoms with Gasteiger partial charge >= 0.3 is 0 Å². The summed E-state index contributed by atoms with van der Waals surface area (Å²) in [5.74, 6) is 0.922. The van der Waals surface area contributed by atoms with E-state index in [0.717, 1.165) is 12.3 Å². The highest BCUT2D eigenvalue weighted by Gasteiger charge is 1.95. The van der Waals surface area contributed by atoms with Crippen molar-refractivity contribution in [2.45, 2.75) is 103 Å². The number of unbranched alkanes of at least 4 members (excludes halogenated alkanes) is 15. The van der Waals surface area contributed by atoms with E-state index in [0.29, 0.717) is 0 Å². The molecule has 0 fully saturated rings. The Bertz CT molecular complexity index is 466. The van der Waals surface area contributed by atoms with Gasteiger partial charge in [0, 0.05) is 0 Å². The molecule has 160 valence electrons. The number of hydrogen-bond acceptors (Lipinski definition) is 2. The van der Waals surface area contributed by atoms with E-state index in [1.54, 1.807) is 7.11 Å². The van der Waals surface area contributed by atoms with E-state index < -0.39 is 0 Å². The van der Waals surface area contributed by atoms with Crippen molar-refractivity contribution < 1.29 is 4.74 Å². The van der Waals surface area contributed by atoms with Crippen LogP contribution in [0.1, 0.15) is 108 Å². The monoisotopic (exact) mass is 387 g/mol. The Morgan fingerprint density at radius 3 is 1.50 bits per heavy atom. The van der Waals surface area contributed by atoms with E-state index >= 15 is 0 Å². The lowest BCUT2D eigenvalue weighted by atomic mass is 10.0. The molecule has 0 aromatic heterocycles. The largest absolute Gasteiger partial charge is 0.497 e. The molecule has 0 heterocycles. The summed E-state index contributed by atoms with van der Waals surface area (Å²) in [6.45, 7) is 0.863. The SMILES string of the molecule is COc1ccc(C=CCCCCCCCCCCCCCCCCCN)cc1. The Hall–Kier alpha value is -1.28. The van der Waals surface area contributed by atoms with Gasteiger partial charge in [0.15, 0.2) is 0 Å². The lowest BCUT2D eigenvalue weighted by Crippen LogP contribution is -1.97. The summed E-state index contributed by atoms with van der Waals surface area (Å²) >= 11 is 0. The highest BCUT2D eigenvalue weighted by Crippen LogP contribution is 2.15. The second-order valence-corrected chi connectivity index (χ2v) is 8.06. The molecule has 0 amide bonds. The smallest absolute Gasteiger partial charge is 0.118 e. The van der Waals surface area contributed by atoms with Crippen molar-refractivity contribution >= 4 is 6.08 Å². The molecule has 0 unspecified atom stereocenters. The molecule has 0 aliphatic rings. The van der Waals surface area contributed by atoms with Gasteiger partial charge in [-0.05, 0) is 43.5 Å². The molecule has 0 aliphatic heterocycles. The van der Waals surface area contributed by atoms with E-state index in [4.69, 9.17) is 10.5 Å². The third-order valence-electron chi connectivity index (χ3n) is 5.50. The third-order valence-corrected chi connectivity index (χ3v) is 5.50. The van der Waals surface area contributed by atoms with Crippen molar-refractivity contribution in [3.63, 3.8) is 0 Å². The Morgan fingerprint density at radius 2 is 1.07 bits per heavy atom. The molecule has 2 nitrogen and oxygen atoms in total. The summed E-state index contributed by atoms with van der Waals surface area (Å²) in [7, 11) is 1.71. The van der Waals surface area contributed by atoms with Gasteiger partial charge in [-0.3, -0.25) is 0 Å². The standard InChI is InChI=1S/C26H45NO/c1-28-26-22-20-25(21-23-26)19-17-15-13-11-9-7-5-3-2-4-6-8-10-12-14-16-18-24-27/h17,19-23H,2-16,18,24,27H2,1H3. The molecule has 2 N–H and O–H groups in total. The second kappa shape index (κ2) is 19.1. The zero-order valence-corrected chi connectivity index (χ0v) is 18.5. The summed E-state index contributed by atoms with van der Waals surface area (Å²) in [5.41, 5.74) is 6.77. The highest BCUT2D eigenvalue weighted by atomic mass is 16.5. The fourth-order valence-electron chi connectivity index (χ4n) is 3.64. The number of nitrogens with two attached hydrogens (primary N) is 1. The summed E-state index contributed by atoms with van der Waals surface area (Å²) < 4.78 is 5.18. The van der Waals surface area contributed by atoms with Crippen molar-refractivity contribution in [1.29, 1.82) is 0 Å². The molecular formula is C26H45NO. The van der Waals surface area contributed by atoms with Crippen LogP contribution in [0.25, 0.3) is 6.08 Å². The number of rotatable bonds is 19. The highest BCUT2D eigenvalue weighted by molar-refractivity contribution is 5.50. The van der Waals surface area contributed by atoms with Gasteiger partial charge in [-0.2, -0.15) is 0 Å². The van der Waals surface area contributed by atoms with Crippen LogP contribution in [0.4, 0.5) is 0 Å². The number of ether oxygens (including phenoxy) is 1. The fourth-order valence-corrected chi connectivity index (χ4v) is 3.64. The normalized spacial score (nSPS) is 11.4.